The Labute approximate surface area is 90.1 Å². The lowest BCUT2D eigenvalue weighted by Crippen LogP contribution is -2.03. The van der Waals surface area contributed by atoms with Crippen molar-refractivity contribution < 1.29 is 14.6 Å². The van der Waals surface area contributed by atoms with E-state index in [2.05, 4.69) is 22.5 Å². The minimum absolute atomic E-state index is 0.140. The zero-order valence-electron chi connectivity index (χ0n) is 7.37. The molecule has 0 spiro atoms. The lowest BCUT2D eigenvalue weighted by molar-refractivity contribution is 0.0692. The Balaban J connectivity index is 3.08. The van der Waals surface area contributed by atoms with E-state index in [4.69, 9.17) is 9.84 Å². The second kappa shape index (κ2) is 4.81. The van der Waals surface area contributed by atoms with Gasteiger partial charge in [0.2, 0.25) is 0 Å². The predicted octanol–water partition coefficient (Wildman–Crippen LogP) is 2.71. The van der Waals surface area contributed by atoms with Gasteiger partial charge in [0.05, 0.1) is 4.47 Å². The first-order chi connectivity index (χ1) is 6.66. The van der Waals surface area contributed by atoms with Crippen LogP contribution in [0.3, 0.4) is 0 Å². The topological polar surface area (TPSA) is 46.5 Å². The molecule has 0 heterocycles. The summed E-state index contributed by atoms with van der Waals surface area (Å²) < 4.78 is 5.86. The number of hydrogen-bond donors (Lipinski definition) is 1. The number of carboxylic acids is 1. The van der Waals surface area contributed by atoms with Crippen LogP contribution in [0.25, 0.3) is 0 Å². The molecule has 0 aliphatic heterocycles. The Morgan fingerprint density at radius 3 is 2.93 bits per heavy atom. The van der Waals surface area contributed by atoms with Crippen molar-refractivity contribution in [1.29, 1.82) is 0 Å². The Hall–Kier alpha value is -1.29. The first-order valence-corrected chi connectivity index (χ1v) is 4.71. The standard InChI is InChI=1S/C10H9BrO3/c1-2-6-14-9-7(10(12)13)4-3-5-8(9)11/h2-5H,1,6H2,(H,12,13). The van der Waals surface area contributed by atoms with E-state index in [1.54, 1.807) is 18.2 Å². The summed E-state index contributed by atoms with van der Waals surface area (Å²) in [6, 6.07) is 4.87. The van der Waals surface area contributed by atoms with E-state index in [0.717, 1.165) is 0 Å². The largest absolute Gasteiger partial charge is 0.487 e. The average Bonchev–Trinajstić information content (AvgIpc) is 2.15. The fourth-order valence-electron chi connectivity index (χ4n) is 0.966. The van der Waals surface area contributed by atoms with Crippen molar-refractivity contribution in [2.24, 2.45) is 0 Å². The SMILES string of the molecule is C=CCOc1c(Br)cccc1C(=O)O. The molecular weight excluding hydrogens is 248 g/mol. The van der Waals surface area contributed by atoms with Crippen molar-refractivity contribution >= 4 is 21.9 Å². The second-order valence-electron chi connectivity index (χ2n) is 2.52. The van der Waals surface area contributed by atoms with E-state index in [1.165, 1.54) is 6.07 Å². The molecule has 0 fully saturated rings. The maximum absolute atomic E-state index is 10.8. The number of halogens is 1. The van der Waals surface area contributed by atoms with Crippen molar-refractivity contribution in [2.75, 3.05) is 6.61 Å². The highest BCUT2D eigenvalue weighted by atomic mass is 79.9. The van der Waals surface area contributed by atoms with Crippen LogP contribution in [-0.2, 0) is 0 Å². The van der Waals surface area contributed by atoms with Crippen molar-refractivity contribution in [3.05, 3.63) is 40.9 Å². The molecule has 0 unspecified atom stereocenters. The molecule has 14 heavy (non-hydrogen) atoms. The van der Waals surface area contributed by atoms with Crippen LogP contribution in [0, 0.1) is 0 Å². The fourth-order valence-corrected chi connectivity index (χ4v) is 1.45. The van der Waals surface area contributed by atoms with Crippen LogP contribution in [0.5, 0.6) is 5.75 Å². The van der Waals surface area contributed by atoms with Crippen LogP contribution >= 0.6 is 15.9 Å². The maximum atomic E-state index is 10.8. The summed E-state index contributed by atoms with van der Waals surface area (Å²) in [6.45, 7) is 3.77. The minimum atomic E-state index is -1.01. The molecule has 0 atom stereocenters. The highest BCUT2D eigenvalue weighted by Crippen LogP contribution is 2.28. The number of carbonyl (C=O) groups is 1. The van der Waals surface area contributed by atoms with Crippen LogP contribution < -0.4 is 4.74 Å². The minimum Gasteiger partial charge on any atom is -0.487 e. The van der Waals surface area contributed by atoms with Crippen LogP contribution in [-0.4, -0.2) is 17.7 Å². The van der Waals surface area contributed by atoms with Gasteiger partial charge in [-0.1, -0.05) is 18.7 Å². The van der Waals surface area contributed by atoms with Gasteiger partial charge >= 0.3 is 5.97 Å². The summed E-state index contributed by atoms with van der Waals surface area (Å²) in [6.07, 6.45) is 1.56. The lowest BCUT2D eigenvalue weighted by Gasteiger charge is -2.08. The summed E-state index contributed by atoms with van der Waals surface area (Å²) in [7, 11) is 0. The van der Waals surface area contributed by atoms with Crippen molar-refractivity contribution in [3.63, 3.8) is 0 Å². The van der Waals surface area contributed by atoms with E-state index < -0.39 is 5.97 Å². The molecule has 0 aliphatic rings. The van der Waals surface area contributed by atoms with Crippen LogP contribution in [0.1, 0.15) is 10.4 Å². The van der Waals surface area contributed by atoms with Gasteiger partial charge in [-0.05, 0) is 28.1 Å². The third-order valence-electron chi connectivity index (χ3n) is 1.54. The van der Waals surface area contributed by atoms with Crippen LogP contribution in [0.15, 0.2) is 35.3 Å². The number of para-hydroxylation sites is 1. The fraction of sp³-hybridized carbons (Fsp3) is 0.100. The van der Waals surface area contributed by atoms with E-state index >= 15 is 0 Å². The number of hydrogen-bond acceptors (Lipinski definition) is 2. The summed E-state index contributed by atoms with van der Waals surface area (Å²) >= 11 is 3.22. The maximum Gasteiger partial charge on any atom is 0.339 e. The van der Waals surface area contributed by atoms with E-state index in [1.807, 2.05) is 0 Å². The molecule has 0 aromatic heterocycles. The average molecular weight is 257 g/mol. The lowest BCUT2D eigenvalue weighted by atomic mass is 10.2. The van der Waals surface area contributed by atoms with Crippen LogP contribution in [0.2, 0.25) is 0 Å². The molecule has 0 bridgehead atoms. The van der Waals surface area contributed by atoms with Crippen molar-refractivity contribution in [1.82, 2.24) is 0 Å². The number of ether oxygens (including phenoxy) is 1. The highest BCUT2D eigenvalue weighted by molar-refractivity contribution is 9.10. The van der Waals surface area contributed by atoms with E-state index in [0.29, 0.717) is 10.2 Å². The summed E-state index contributed by atoms with van der Waals surface area (Å²) in [4.78, 5) is 10.8. The second-order valence-corrected chi connectivity index (χ2v) is 3.38. The van der Waals surface area contributed by atoms with Crippen molar-refractivity contribution in [3.8, 4) is 5.75 Å². The molecule has 0 saturated carbocycles. The van der Waals surface area contributed by atoms with Crippen molar-refractivity contribution in [2.45, 2.75) is 0 Å². The number of benzene rings is 1. The molecule has 0 aliphatic carbocycles. The Kier molecular flexibility index (Phi) is 3.71. The Morgan fingerprint density at radius 2 is 2.36 bits per heavy atom. The Bertz CT molecular complexity index is 360. The molecule has 0 saturated heterocycles. The van der Waals surface area contributed by atoms with Gasteiger partial charge in [0.1, 0.15) is 17.9 Å². The predicted molar refractivity (Wildman–Crippen MR) is 56.8 cm³/mol. The monoisotopic (exact) mass is 256 g/mol. The molecule has 4 heteroatoms. The van der Waals surface area contributed by atoms with Gasteiger partial charge in [-0.2, -0.15) is 0 Å². The van der Waals surface area contributed by atoms with Gasteiger partial charge < -0.3 is 9.84 Å². The van der Waals surface area contributed by atoms with Gasteiger partial charge in [0, 0.05) is 0 Å². The molecule has 1 rings (SSSR count). The molecule has 74 valence electrons. The molecule has 0 radical (unpaired) electrons. The summed E-state index contributed by atoms with van der Waals surface area (Å²) in [5.74, 6) is -0.676. The number of rotatable bonds is 4. The Morgan fingerprint density at radius 1 is 1.64 bits per heavy atom. The van der Waals surface area contributed by atoms with Gasteiger partial charge in [-0.25, -0.2) is 4.79 Å². The van der Waals surface area contributed by atoms with Gasteiger partial charge in [-0.3, -0.25) is 0 Å². The summed E-state index contributed by atoms with van der Waals surface area (Å²) in [5.41, 5.74) is 0.140. The van der Waals surface area contributed by atoms with E-state index in [-0.39, 0.29) is 12.2 Å². The normalized spacial score (nSPS) is 9.50. The molecule has 0 amide bonds. The number of carboxylic acid groups (broad SMARTS) is 1. The molecular formula is C10H9BrO3. The number of aromatic carboxylic acids is 1. The quantitative estimate of drug-likeness (QED) is 0.843. The first kappa shape index (κ1) is 10.8. The molecule has 1 N–H and O–H groups in total. The van der Waals surface area contributed by atoms with Gasteiger partial charge in [0.25, 0.3) is 0 Å². The smallest absolute Gasteiger partial charge is 0.339 e. The summed E-state index contributed by atoms with van der Waals surface area (Å²) in [5, 5.41) is 8.86. The molecule has 1 aromatic carbocycles. The molecule has 1 aromatic rings. The van der Waals surface area contributed by atoms with Crippen LogP contribution in [0.4, 0.5) is 0 Å². The van der Waals surface area contributed by atoms with Gasteiger partial charge in [0.15, 0.2) is 0 Å². The first-order valence-electron chi connectivity index (χ1n) is 3.92. The third-order valence-corrected chi connectivity index (χ3v) is 2.17. The zero-order valence-corrected chi connectivity index (χ0v) is 8.95. The zero-order chi connectivity index (χ0) is 10.6. The molecule has 3 nitrogen and oxygen atoms in total. The van der Waals surface area contributed by atoms with Gasteiger partial charge in [-0.15, -0.1) is 0 Å². The van der Waals surface area contributed by atoms with E-state index in [9.17, 15) is 4.79 Å². The highest BCUT2D eigenvalue weighted by Gasteiger charge is 2.13. The third kappa shape index (κ3) is 2.35.